The molecular weight excluding hydrogens is 56.0 g/mol. The van der Waals surface area contributed by atoms with Crippen molar-refractivity contribution in [2.24, 2.45) is 10.4 Å². The van der Waals surface area contributed by atoms with Crippen molar-refractivity contribution in [1.29, 1.82) is 0 Å². The second-order valence-corrected chi connectivity index (χ2v) is 0.231. The zero-order valence-electron chi connectivity index (χ0n) is 2.05. The van der Waals surface area contributed by atoms with Crippen LogP contribution in [-0.4, -0.2) is 5.21 Å². The normalized spacial score (nSPS) is 9.25. The molecule has 0 atom stereocenters. The molecule has 0 aliphatic heterocycles. The van der Waals surface area contributed by atoms with E-state index in [2.05, 4.69) is 17.4 Å². The van der Waals surface area contributed by atoms with Crippen LogP contribution in [0.3, 0.4) is 0 Å². The quantitative estimate of drug-likeness (QED) is 0.322. The Hall–Kier alpha value is -0.600. The maximum absolute atomic E-state index is 7.27. The van der Waals surface area contributed by atoms with Gasteiger partial charge in [-0.05, 0) is 0 Å². The van der Waals surface area contributed by atoms with Crippen LogP contribution < -0.4 is 0 Å². The Kier molecular flexibility index (Phi) is 2.04. The van der Waals surface area contributed by atoms with Gasteiger partial charge in [0.05, 0.1) is 7.05 Å². The van der Waals surface area contributed by atoms with Crippen LogP contribution in [0.4, 0.5) is 0 Å². The highest BCUT2D eigenvalue weighted by molar-refractivity contribution is 4.05. The third kappa shape index (κ3) is 1.40. The van der Waals surface area contributed by atoms with Gasteiger partial charge in [0.2, 0.25) is 0 Å². The first-order valence-electron chi connectivity index (χ1n) is 0.716. The van der Waals surface area contributed by atoms with Crippen LogP contribution in [0.2, 0.25) is 0 Å². The third-order valence-corrected chi connectivity index (χ3v) is 0.0632. The minimum atomic E-state index is 2.25. The first-order valence-corrected chi connectivity index (χ1v) is 0.716. The Morgan fingerprint density at radius 2 is 2.00 bits per heavy atom. The van der Waals surface area contributed by atoms with Gasteiger partial charge in [-0.3, -0.25) is 0 Å². The van der Waals surface area contributed by atoms with Gasteiger partial charge >= 0.3 is 0 Å². The summed E-state index contributed by atoms with van der Waals surface area (Å²) in [6, 6.07) is 0. The molecule has 0 saturated heterocycles. The van der Waals surface area contributed by atoms with E-state index < -0.39 is 0 Å². The van der Waals surface area contributed by atoms with E-state index in [1.165, 1.54) is 0 Å². The van der Waals surface area contributed by atoms with Crippen LogP contribution in [0.15, 0.2) is 10.4 Å². The van der Waals surface area contributed by atoms with E-state index in [-0.39, 0.29) is 0 Å². The fourth-order valence-corrected chi connectivity index (χ4v) is 0. The Morgan fingerprint density at radius 3 is 2.00 bits per heavy atom. The number of hydrogen-bond donors (Lipinski definition) is 1. The smallest absolute Gasteiger partial charge is 0.0850 e. The maximum Gasteiger partial charge on any atom is 0.0850 e. The highest BCUT2D eigenvalue weighted by atomic mass is 16.5. The Labute approximate surface area is 23.9 Å². The number of nitrogens with zero attached hydrogens (tertiary/aromatic N) is 2. The van der Waals surface area contributed by atoms with Gasteiger partial charge in [0.15, 0.2) is 0 Å². The van der Waals surface area contributed by atoms with Gasteiger partial charge in [0.1, 0.15) is 0 Å². The van der Waals surface area contributed by atoms with Crippen LogP contribution >= 0.6 is 0 Å². The molecular formula is CH3N2O. The largest absolute Gasteiger partial charge is 0.395 e. The molecule has 0 bridgehead atoms. The maximum atomic E-state index is 7.27. The van der Waals surface area contributed by atoms with E-state index in [0.717, 1.165) is 0 Å². The van der Waals surface area contributed by atoms with Gasteiger partial charge in [-0.1, -0.05) is 0 Å². The molecule has 0 fully saturated rings. The molecule has 4 heavy (non-hydrogen) atoms. The zero-order chi connectivity index (χ0) is 3.41. The van der Waals surface area contributed by atoms with Crippen molar-refractivity contribution in [3.63, 3.8) is 0 Å². The fourth-order valence-electron chi connectivity index (χ4n) is 0. The molecule has 0 aromatic rings. The fraction of sp³-hybridized carbons (Fsp3) is 0. The van der Waals surface area contributed by atoms with Crippen molar-refractivity contribution < 1.29 is 5.21 Å². The monoisotopic (exact) mass is 59.0 g/mol. The van der Waals surface area contributed by atoms with Crippen molar-refractivity contribution >= 4 is 0 Å². The molecule has 3 heteroatoms. The molecule has 0 aromatic carbocycles. The summed E-state index contributed by atoms with van der Waals surface area (Å²) in [7, 11) is 2.81. The van der Waals surface area contributed by atoms with Crippen molar-refractivity contribution in [3.8, 4) is 0 Å². The molecule has 0 unspecified atom stereocenters. The number of hydrogen-bond acceptors (Lipinski definition) is 2. The SMILES string of the molecule is [CH2]N=NO. The standard InChI is InChI=1S/CH3N2O/c1-2-3-4/h1H2,(H,2,4). The van der Waals surface area contributed by atoms with E-state index in [1.807, 2.05) is 0 Å². The van der Waals surface area contributed by atoms with E-state index in [1.54, 1.807) is 0 Å². The predicted octanol–water partition coefficient (Wildman–Crippen LogP) is 0.619. The van der Waals surface area contributed by atoms with Crippen LogP contribution in [0.25, 0.3) is 0 Å². The highest BCUT2D eigenvalue weighted by Crippen LogP contribution is 1.52. The van der Waals surface area contributed by atoms with Gasteiger partial charge in [0, 0.05) is 5.28 Å². The van der Waals surface area contributed by atoms with E-state index in [4.69, 9.17) is 5.21 Å². The van der Waals surface area contributed by atoms with E-state index >= 15 is 0 Å². The van der Waals surface area contributed by atoms with Crippen molar-refractivity contribution in [1.82, 2.24) is 0 Å². The lowest BCUT2D eigenvalue weighted by atomic mass is 11.6. The Bertz CT molecular complexity index is 21.2. The van der Waals surface area contributed by atoms with Gasteiger partial charge in [-0.15, -0.1) is 0 Å². The van der Waals surface area contributed by atoms with Gasteiger partial charge in [-0.25, -0.2) is 0 Å². The molecule has 0 amide bonds. The summed E-state index contributed by atoms with van der Waals surface area (Å²) < 4.78 is 0. The van der Waals surface area contributed by atoms with E-state index in [0.29, 0.717) is 0 Å². The molecule has 0 saturated carbocycles. The minimum absolute atomic E-state index is 2.25. The molecule has 0 heterocycles. The summed E-state index contributed by atoms with van der Waals surface area (Å²) >= 11 is 0. The summed E-state index contributed by atoms with van der Waals surface area (Å²) in [4.78, 5) is 0. The molecule has 0 aliphatic carbocycles. The van der Waals surface area contributed by atoms with Gasteiger partial charge in [-0.2, -0.15) is 5.11 Å². The molecule has 0 aromatic heterocycles. The summed E-state index contributed by atoms with van der Waals surface area (Å²) in [5.41, 5.74) is 0. The van der Waals surface area contributed by atoms with E-state index in [9.17, 15) is 0 Å². The van der Waals surface area contributed by atoms with Gasteiger partial charge in [0.25, 0.3) is 0 Å². The molecule has 0 spiro atoms. The lowest BCUT2D eigenvalue weighted by Crippen LogP contribution is -1.35. The first kappa shape index (κ1) is 3.40. The van der Waals surface area contributed by atoms with Crippen LogP contribution in [0.1, 0.15) is 0 Å². The average Bonchev–Trinajstić information content (AvgIpc) is 1.37. The summed E-state index contributed by atoms with van der Waals surface area (Å²) in [6.07, 6.45) is 0. The summed E-state index contributed by atoms with van der Waals surface area (Å²) in [5, 5.41) is 12.2. The topological polar surface area (TPSA) is 45.0 Å². The molecule has 0 aliphatic rings. The summed E-state index contributed by atoms with van der Waals surface area (Å²) in [6.45, 7) is 0. The molecule has 23 valence electrons. The second kappa shape index (κ2) is 2.40. The van der Waals surface area contributed by atoms with Crippen molar-refractivity contribution in [3.05, 3.63) is 7.05 Å². The molecule has 1 radical (unpaired) electrons. The van der Waals surface area contributed by atoms with Crippen molar-refractivity contribution in [2.75, 3.05) is 0 Å². The van der Waals surface area contributed by atoms with Crippen LogP contribution in [0, 0.1) is 7.05 Å². The van der Waals surface area contributed by atoms with Crippen LogP contribution in [0.5, 0.6) is 0 Å². The predicted molar refractivity (Wildman–Crippen MR) is 12.0 cm³/mol. The number of rotatable bonds is 0. The van der Waals surface area contributed by atoms with Gasteiger partial charge < -0.3 is 5.21 Å². The highest BCUT2D eigenvalue weighted by Gasteiger charge is 1.33. The lowest BCUT2D eigenvalue weighted by Gasteiger charge is -1.53. The summed E-state index contributed by atoms with van der Waals surface area (Å²) in [5.74, 6) is 0. The Balaban J connectivity index is 2.55. The molecule has 0 rings (SSSR count). The Morgan fingerprint density at radius 1 is 1.75 bits per heavy atom. The molecule has 1 N–H and O–H groups in total. The lowest BCUT2D eigenvalue weighted by molar-refractivity contribution is 0.287. The third-order valence-electron chi connectivity index (χ3n) is 0.0632. The molecule has 3 nitrogen and oxygen atoms in total. The van der Waals surface area contributed by atoms with Crippen molar-refractivity contribution in [2.45, 2.75) is 0 Å². The van der Waals surface area contributed by atoms with Crippen LogP contribution in [-0.2, 0) is 0 Å². The first-order chi connectivity index (χ1) is 1.91. The average molecular weight is 59.0 g/mol. The minimum Gasteiger partial charge on any atom is -0.395 e. The zero-order valence-corrected chi connectivity index (χ0v) is 2.05. The second-order valence-electron chi connectivity index (χ2n) is 0.231.